The van der Waals surface area contributed by atoms with Crippen LogP contribution in [0.4, 0.5) is 0 Å². The van der Waals surface area contributed by atoms with Crippen LogP contribution < -0.4 is 9.47 Å². The molecule has 0 atom stereocenters. The van der Waals surface area contributed by atoms with Gasteiger partial charge in [0.05, 0.1) is 13.2 Å². The van der Waals surface area contributed by atoms with Crippen LogP contribution in [0, 0.1) is 0 Å². The predicted octanol–water partition coefficient (Wildman–Crippen LogP) is 18.4. The van der Waals surface area contributed by atoms with Crippen LogP contribution >= 0.6 is 0 Å². The molecule has 61 heavy (non-hydrogen) atoms. The van der Waals surface area contributed by atoms with Gasteiger partial charge in [0.15, 0.2) is 0 Å². The van der Waals surface area contributed by atoms with Crippen molar-refractivity contribution in [3.63, 3.8) is 0 Å². The lowest BCUT2D eigenvalue weighted by Crippen LogP contribution is -1.99. The SMILES string of the molecule is C1=C\c2c3ccc4cc5c(c(ccc5cc24)-c2ccccc2OCCCCCCCC/C=C\CCCCCCOc2cccc-3c2)/C=C\CCCCCCCCCCCCC/1. The first-order valence-electron chi connectivity index (χ1n) is 24.8. The molecule has 0 amide bonds. The Morgan fingerprint density at radius 3 is 1.39 bits per heavy atom. The maximum atomic E-state index is 6.63. The zero-order chi connectivity index (χ0) is 41.6. The summed E-state index contributed by atoms with van der Waals surface area (Å²) in [5, 5.41) is 5.17. The molecule has 10 bridgehead atoms. The Hall–Kier alpha value is -4.56. The van der Waals surface area contributed by atoms with Crippen molar-refractivity contribution in [3.8, 4) is 33.8 Å². The molecule has 5 aromatic carbocycles. The lowest BCUT2D eigenvalue weighted by molar-refractivity contribution is 0.305. The average Bonchev–Trinajstić information content (AvgIpc) is 3.28. The molecule has 0 fully saturated rings. The van der Waals surface area contributed by atoms with Crippen molar-refractivity contribution >= 4 is 33.7 Å². The minimum atomic E-state index is 0.761. The third-order valence-corrected chi connectivity index (χ3v) is 13.1. The quantitative estimate of drug-likeness (QED) is 0.115. The van der Waals surface area contributed by atoms with Gasteiger partial charge in [-0.2, -0.15) is 0 Å². The van der Waals surface area contributed by atoms with E-state index >= 15 is 0 Å². The van der Waals surface area contributed by atoms with E-state index in [-0.39, 0.29) is 0 Å². The van der Waals surface area contributed by atoms with Crippen molar-refractivity contribution in [3.05, 3.63) is 120 Å². The van der Waals surface area contributed by atoms with Crippen LogP contribution in [0.25, 0.3) is 56.0 Å². The molecule has 0 aromatic heterocycles. The van der Waals surface area contributed by atoms with Gasteiger partial charge in [-0.1, -0.05) is 187 Å². The molecule has 0 N–H and O–H groups in total. The van der Waals surface area contributed by atoms with Gasteiger partial charge in [0.25, 0.3) is 0 Å². The van der Waals surface area contributed by atoms with Crippen LogP contribution in [0.1, 0.15) is 172 Å². The van der Waals surface area contributed by atoms with E-state index in [0.29, 0.717) is 0 Å². The smallest absolute Gasteiger partial charge is 0.127 e. The normalized spacial score (nSPS) is 19.7. The highest BCUT2D eigenvalue weighted by Crippen LogP contribution is 2.41. The molecule has 4 aliphatic rings. The van der Waals surface area contributed by atoms with Crippen molar-refractivity contribution in [2.24, 2.45) is 0 Å². The molecular formula is C59H74O2. The lowest BCUT2D eigenvalue weighted by atomic mass is 9.88. The first-order chi connectivity index (χ1) is 30.3. The van der Waals surface area contributed by atoms with E-state index in [1.165, 1.54) is 190 Å². The summed E-state index contributed by atoms with van der Waals surface area (Å²) in [6.45, 7) is 1.53. The van der Waals surface area contributed by atoms with Crippen molar-refractivity contribution in [1.29, 1.82) is 0 Å². The van der Waals surface area contributed by atoms with Gasteiger partial charge in [0.1, 0.15) is 11.5 Å². The number of benzene rings is 5. The summed E-state index contributed by atoms with van der Waals surface area (Å²) in [5.74, 6) is 1.96. The molecule has 322 valence electrons. The Kier molecular flexibility index (Phi) is 18.5. The summed E-state index contributed by atoms with van der Waals surface area (Å²) in [6, 6.07) is 31.9. The van der Waals surface area contributed by atoms with E-state index in [4.69, 9.17) is 9.47 Å². The Balaban J connectivity index is 1.27. The first-order valence-corrected chi connectivity index (χ1v) is 24.8. The van der Waals surface area contributed by atoms with E-state index in [9.17, 15) is 0 Å². The lowest BCUT2D eigenvalue weighted by Gasteiger charge is -2.17. The topological polar surface area (TPSA) is 18.5 Å². The third-order valence-electron chi connectivity index (χ3n) is 13.1. The van der Waals surface area contributed by atoms with Crippen LogP contribution in [0.3, 0.4) is 0 Å². The van der Waals surface area contributed by atoms with E-state index in [0.717, 1.165) is 50.4 Å². The van der Waals surface area contributed by atoms with Crippen molar-refractivity contribution in [1.82, 2.24) is 0 Å². The largest absolute Gasteiger partial charge is 0.494 e. The molecule has 2 nitrogen and oxygen atoms in total. The number of allylic oxidation sites excluding steroid dienone is 4. The minimum absolute atomic E-state index is 0.761. The molecule has 2 aliphatic heterocycles. The number of hydrogen-bond acceptors (Lipinski definition) is 2. The highest BCUT2D eigenvalue weighted by molar-refractivity contribution is 6.08. The Morgan fingerprint density at radius 1 is 0.328 bits per heavy atom. The number of fused-ring (bicyclic) bond motifs is 32. The fourth-order valence-electron chi connectivity index (χ4n) is 9.52. The molecule has 9 rings (SSSR count). The summed E-state index contributed by atoms with van der Waals surface area (Å²) in [4.78, 5) is 0. The number of para-hydroxylation sites is 1. The zero-order valence-electron chi connectivity index (χ0n) is 37.5. The summed E-state index contributed by atoms with van der Waals surface area (Å²) in [5.41, 5.74) is 7.53. The summed E-state index contributed by atoms with van der Waals surface area (Å²) in [6.07, 6.45) is 46.4. The highest BCUT2D eigenvalue weighted by Gasteiger charge is 2.16. The van der Waals surface area contributed by atoms with Crippen LogP contribution in [-0.4, -0.2) is 13.2 Å². The van der Waals surface area contributed by atoms with Gasteiger partial charge in [0.2, 0.25) is 0 Å². The number of rotatable bonds is 0. The fourth-order valence-corrected chi connectivity index (χ4v) is 9.52. The monoisotopic (exact) mass is 815 g/mol. The van der Waals surface area contributed by atoms with E-state index < -0.39 is 0 Å². The van der Waals surface area contributed by atoms with Crippen LogP contribution in [0.15, 0.2) is 109 Å². The Labute approximate surface area is 369 Å². The van der Waals surface area contributed by atoms with E-state index in [1.807, 2.05) is 0 Å². The van der Waals surface area contributed by atoms with Crippen molar-refractivity contribution in [2.75, 3.05) is 13.2 Å². The number of hydrogen-bond donors (Lipinski definition) is 0. The van der Waals surface area contributed by atoms with E-state index in [1.54, 1.807) is 0 Å². The average molecular weight is 815 g/mol. The second-order valence-electron chi connectivity index (χ2n) is 17.9. The van der Waals surface area contributed by atoms with Crippen LogP contribution in [-0.2, 0) is 0 Å². The van der Waals surface area contributed by atoms with Gasteiger partial charge in [-0.15, -0.1) is 0 Å². The maximum absolute atomic E-state index is 6.63. The molecule has 0 saturated carbocycles. The van der Waals surface area contributed by atoms with Gasteiger partial charge in [-0.25, -0.2) is 0 Å². The second-order valence-corrected chi connectivity index (χ2v) is 17.9. The predicted molar refractivity (Wildman–Crippen MR) is 266 cm³/mol. The molecule has 0 unspecified atom stereocenters. The molecule has 2 heterocycles. The zero-order valence-corrected chi connectivity index (χ0v) is 37.5. The molecule has 2 aliphatic carbocycles. The third kappa shape index (κ3) is 13.7. The Bertz CT molecular complexity index is 2170. The molecular weight excluding hydrogens is 741 g/mol. The molecule has 0 radical (unpaired) electrons. The van der Waals surface area contributed by atoms with Crippen LogP contribution in [0.2, 0.25) is 0 Å². The van der Waals surface area contributed by atoms with Crippen LogP contribution in [0.5, 0.6) is 11.5 Å². The summed E-state index contributed by atoms with van der Waals surface area (Å²) < 4.78 is 13.0. The van der Waals surface area contributed by atoms with Gasteiger partial charge < -0.3 is 9.47 Å². The van der Waals surface area contributed by atoms with Crippen molar-refractivity contribution < 1.29 is 9.47 Å². The first kappa shape index (κ1) is 44.5. The molecule has 2 heteroatoms. The summed E-state index contributed by atoms with van der Waals surface area (Å²) >= 11 is 0. The van der Waals surface area contributed by atoms with Gasteiger partial charge >= 0.3 is 0 Å². The second kappa shape index (κ2) is 25.4. The maximum Gasteiger partial charge on any atom is 0.127 e. The summed E-state index contributed by atoms with van der Waals surface area (Å²) in [7, 11) is 0. The van der Waals surface area contributed by atoms with Gasteiger partial charge in [-0.3, -0.25) is 0 Å². The highest BCUT2D eigenvalue weighted by atomic mass is 16.5. The van der Waals surface area contributed by atoms with E-state index in [2.05, 4.69) is 121 Å². The van der Waals surface area contributed by atoms with Crippen molar-refractivity contribution in [2.45, 2.75) is 161 Å². The standard InChI is InChI=1S/C59H74O2/c1-2-6-10-14-18-22-26-35-53-52-41-39-49-47-58-50(46-57(49)53)40-42-55(54(58)36-27-23-19-15-11-7-3-1)56-37-28-29-38-59(56)61-44-31-25-21-17-13-9-5-4-8-12-16-20-24-30-43-60-51-34-32-33-48(52)45-51/h4,8,26-29,32-42,45-47H,1-3,5-7,9-25,30-31,43-44H2/b8-4-,35-26-,36-27-. The molecule has 0 spiro atoms. The number of ether oxygens (including phenoxy) is 2. The molecule has 0 saturated heterocycles. The fraction of sp³-hybridized carbons (Fsp3) is 0.458. The van der Waals surface area contributed by atoms with Gasteiger partial charge in [-0.05, 0) is 144 Å². The molecule has 5 aromatic rings. The minimum Gasteiger partial charge on any atom is -0.494 e. The van der Waals surface area contributed by atoms with Gasteiger partial charge in [0, 0.05) is 5.56 Å². The Morgan fingerprint density at radius 2 is 0.803 bits per heavy atom.